The summed E-state index contributed by atoms with van der Waals surface area (Å²) >= 11 is 0. The Kier molecular flexibility index (Phi) is 2.55. The minimum atomic E-state index is 0.258. The lowest BCUT2D eigenvalue weighted by Crippen LogP contribution is -2.42. The third-order valence-corrected chi connectivity index (χ3v) is 3.17. The van der Waals surface area contributed by atoms with Gasteiger partial charge in [0.2, 0.25) is 0 Å². The summed E-state index contributed by atoms with van der Waals surface area (Å²) in [6, 6.07) is 6.22. The van der Waals surface area contributed by atoms with E-state index in [1.165, 1.54) is 25.1 Å². The van der Waals surface area contributed by atoms with Crippen LogP contribution in [-0.4, -0.2) is 30.0 Å². The number of aromatic nitrogens is 1. The average molecular weight is 190 g/mol. The summed E-state index contributed by atoms with van der Waals surface area (Å²) in [5.41, 5.74) is 1.50. The van der Waals surface area contributed by atoms with Gasteiger partial charge in [-0.1, -0.05) is 13.0 Å². The molecule has 1 fully saturated rings. The fraction of sp³-hybridized carbons (Fsp3) is 0.583. The normalized spacial score (nSPS) is 29.0. The molecule has 1 saturated heterocycles. The molecule has 0 amide bonds. The van der Waals surface area contributed by atoms with Gasteiger partial charge in [-0.25, -0.2) is 0 Å². The molecule has 1 unspecified atom stereocenters. The summed E-state index contributed by atoms with van der Waals surface area (Å²) in [6.07, 6.45) is 4.44. The van der Waals surface area contributed by atoms with Gasteiger partial charge < -0.3 is 4.90 Å². The average Bonchev–Trinajstić information content (AvgIpc) is 2.19. The molecule has 1 aliphatic rings. The number of likely N-dealkylation sites (tertiary alicyclic amines) is 1. The number of pyridine rings is 1. The fourth-order valence-corrected chi connectivity index (χ4v) is 2.42. The maximum Gasteiger partial charge on any atom is 0.0475 e. The first-order chi connectivity index (χ1) is 6.71. The van der Waals surface area contributed by atoms with Gasteiger partial charge >= 0.3 is 0 Å². The van der Waals surface area contributed by atoms with Gasteiger partial charge in [0.15, 0.2) is 0 Å². The lowest BCUT2D eigenvalue weighted by atomic mass is 9.79. The van der Waals surface area contributed by atoms with Crippen LogP contribution in [0.3, 0.4) is 0 Å². The molecular formula is C12H18N2. The smallest absolute Gasteiger partial charge is 0.0475 e. The molecule has 0 spiro atoms. The number of rotatable bonds is 1. The first-order valence-corrected chi connectivity index (χ1v) is 5.31. The van der Waals surface area contributed by atoms with Crippen molar-refractivity contribution in [2.75, 3.05) is 20.1 Å². The van der Waals surface area contributed by atoms with Crippen molar-refractivity contribution in [3.63, 3.8) is 0 Å². The van der Waals surface area contributed by atoms with E-state index in [0.717, 1.165) is 6.54 Å². The maximum absolute atomic E-state index is 4.48. The first-order valence-electron chi connectivity index (χ1n) is 5.31. The van der Waals surface area contributed by atoms with Crippen LogP contribution in [0.15, 0.2) is 24.4 Å². The number of piperidine rings is 1. The van der Waals surface area contributed by atoms with Crippen LogP contribution in [0.5, 0.6) is 0 Å². The summed E-state index contributed by atoms with van der Waals surface area (Å²) < 4.78 is 0. The fourth-order valence-electron chi connectivity index (χ4n) is 2.42. The van der Waals surface area contributed by atoms with Gasteiger partial charge in [-0.05, 0) is 38.6 Å². The summed E-state index contributed by atoms with van der Waals surface area (Å²) in [6.45, 7) is 4.68. The van der Waals surface area contributed by atoms with E-state index in [2.05, 4.69) is 36.0 Å². The molecule has 14 heavy (non-hydrogen) atoms. The Labute approximate surface area is 86.0 Å². The minimum absolute atomic E-state index is 0.258. The van der Waals surface area contributed by atoms with Crippen molar-refractivity contribution in [3.8, 4) is 0 Å². The standard InChI is InChI=1S/C12H18N2/c1-12(7-5-9-14(2)10-12)11-6-3-4-8-13-11/h3-4,6,8H,5,7,9-10H2,1-2H3. The zero-order valence-corrected chi connectivity index (χ0v) is 9.03. The quantitative estimate of drug-likeness (QED) is 0.674. The Balaban J connectivity index is 2.23. The Bertz CT molecular complexity index is 296. The molecule has 2 rings (SSSR count). The molecule has 0 N–H and O–H groups in total. The van der Waals surface area contributed by atoms with E-state index in [-0.39, 0.29) is 5.41 Å². The second kappa shape index (κ2) is 3.70. The van der Waals surface area contributed by atoms with E-state index in [4.69, 9.17) is 0 Å². The number of hydrogen-bond acceptors (Lipinski definition) is 2. The van der Waals surface area contributed by atoms with Gasteiger partial charge in [-0.2, -0.15) is 0 Å². The minimum Gasteiger partial charge on any atom is -0.305 e. The molecule has 1 atom stereocenters. The van der Waals surface area contributed by atoms with Crippen LogP contribution in [0.25, 0.3) is 0 Å². The third kappa shape index (κ3) is 1.80. The Morgan fingerprint density at radius 1 is 1.43 bits per heavy atom. The lowest BCUT2D eigenvalue weighted by Gasteiger charge is -2.38. The van der Waals surface area contributed by atoms with Gasteiger partial charge in [0, 0.05) is 23.9 Å². The Morgan fingerprint density at radius 2 is 2.29 bits per heavy atom. The number of hydrogen-bond donors (Lipinski definition) is 0. The van der Waals surface area contributed by atoms with Crippen molar-refractivity contribution in [2.24, 2.45) is 0 Å². The largest absolute Gasteiger partial charge is 0.305 e. The summed E-state index contributed by atoms with van der Waals surface area (Å²) in [5, 5.41) is 0. The Morgan fingerprint density at radius 3 is 2.93 bits per heavy atom. The second-order valence-electron chi connectivity index (χ2n) is 4.62. The molecule has 1 aromatic heterocycles. The molecule has 0 radical (unpaired) electrons. The van der Waals surface area contributed by atoms with Gasteiger partial charge in [0.25, 0.3) is 0 Å². The van der Waals surface area contributed by atoms with Gasteiger partial charge in [0.1, 0.15) is 0 Å². The Hall–Kier alpha value is -0.890. The lowest BCUT2D eigenvalue weighted by molar-refractivity contribution is 0.185. The zero-order valence-electron chi connectivity index (χ0n) is 9.03. The van der Waals surface area contributed by atoms with E-state index < -0.39 is 0 Å². The van der Waals surface area contributed by atoms with Gasteiger partial charge in [-0.3, -0.25) is 4.98 Å². The monoisotopic (exact) mass is 190 g/mol. The number of nitrogens with zero attached hydrogens (tertiary/aromatic N) is 2. The molecule has 2 nitrogen and oxygen atoms in total. The predicted octanol–water partition coefficient (Wildman–Crippen LogP) is 2.06. The molecule has 0 saturated carbocycles. The van der Waals surface area contributed by atoms with E-state index in [0.29, 0.717) is 0 Å². The van der Waals surface area contributed by atoms with Crippen LogP contribution in [-0.2, 0) is 5.41 Å². The summed E-state index contributed by atoms with van der Waals surface area (Å²) in [4.78, 5) is 6.88. The topological polar surface area (TPSA) is 16.1 Å². The van der Waals surface area contributed by atoms with Crippen LogP contribution in [0.4, 0.5) is 0 Å². The van der Waals surface area contributed by atoms with Crippen molar-refractivity contribution < 1.29 is 0 Å². The van der Waals surface area contributed by atoms with Crippen molar-refractivity contribution in [1.82, 2.24) is 9.88 Å². The highest BCUT2D eigenvalue weighted by atomic mass is 15.1. The van der Waals surface area contributed by atoms with Crippen molar-refractivity contribution in [3.05, 3.63) is 30.1 Å². The zero-order chi connectivity index (χ0) is 10.0. The predicted molar refractivity (Wildman–Crippen MR) is 58.3 cm³/mol. The molecular weight excluding hydrogens is 172 g/mol. The van der Waals surface area contributed by atoms with E-state index in [1.807, 2.05) is 12.3 Å². The highest BCUT2D eigenvalue weighted by Gasteiger charge is 2.32. The van der Waals surface area contributed by atoms with Crippen LogP contribution in [0.1, 0.15) is 25.5 Å². The SMILES string of the molecule is CN1CCCC(C)(c2ccccn2)C1. The van der Waals surface area contributed by atoms with E-state index in [1.54, 1.807) is 0 Å². The maximum atomic E-state index is 4.48. The van der Waals surface area contributed by atoms with Crippen LogP contribution < -0.4 is 0 Å². The molecule has 1 aromatic rings. The van der Waals surface area contributed by atoms with Crippen molar-refractivity contribution >= 4 is 0 Å². The molecule has 1 aliphatic heterocycles. The molecule has 76 valence electrons. The van der Waals surface area contributed by atoms with E-state index in [9.17, 15) is 0 Å². The first kappa shape index (κ1) is 9.66. The van der Waals surface area contributed by atoms with Crippen molar-refractivity contribution in [1.29, 1.82) is 0 Å². The van der Waals surface area contributed by atoms with Crippen LogP contribution in [0, 0.1) is 0 Å². The molecule has 0 bridgehead atoms. The molecule has 0 aromatic carbocycles. The summed E-state index contributed by atoms with van der Waals surface area (Å²) in [5.74, 6) is 0. The highest BCUT2D eigenvalue weighted by Crippen LogP contribution is 2.31. The molecule has 2 heteroatoms. The van der Waals surface area contributed by atoms with Crippen LogP contribution >= 0.6 is 0 Å². The van der Waals surface area contributed by atoms with Crippen LogP contribution in [0.2, 0.25) is 0 Å². The highest BCUT2D eigenvalue weighted by molar-refractivity contribution is 5.17. The van der Waals surface area contributed by atoms with E-state index >= 15 is 0 Å². The number of likely N-dealkylation sites (N-methyl/N-ethyl adjacent to an activating group) is 1. The van der Waals surface area contributed by atoms with Gasteiger partial charge in [-0.15, -0.1) is 0 Å². The molecule has 2 heterocycles. The third-order valence-electron chi connectivity index (χ3n) is 3.17. The summed E-state index contributed by atoms with van der Waals surface area (Å²) in [7, 11) is 2.19. The molecule has 0 aliphatic carbocycles. The van der Waals surface area contributed by atoms with Gasteiger partial charge in [0.05, 0.1) is 0 Å². The van der Waals surface area contributed by atoms with Crippen molar-refractivity contribution in [2.45, 2.75) is 25.2 Å². The second-order valence-corrected chi connectivity index (χ2v) is 4.62.